The average molecular weight is 457 g/mol. The van der Waals surface area contributed by atoms with E-state index in [1.807, 2.05) is 30.3 Å². The zero-order valence-electron chi connectivity index (χ0n) is 19.8. The number of fused-ring (bicyclic) bond motifs is 6. The van der Waals surface area contributed by atoms with Crippen LogP contribution >= 0.6 is 0 Å². The number of anilines is 1. The standard InChI is InChI=1S/C32H28N2O/c1-2-34-30-14-7-6-11-25(30)28-19-21(15-18-31(28)34)32-26-13-8-12-24(26)27-20-23(16-17-29(27)33-32)35-22-9-4-3-5-10-22/h3-12,14-20,24,26,32-33H,2,13H2,1H3. The number of aryl methyl sites for hydroxylation is 1. The van der Waals surface area contributed by atoms with Gasteiger partial charge in [-0.2, -0.15) is 0 Å². The third kappa shape index (κ3) is 3.26. The van der Waals surface area contributed by atoms with E-state index in [1.165, 1.54) is 38.6 Å². The van der Waals surface area contributed by atoms with Gasteiger partial charge in [0.15, 0.2) is 0 Å². The summed E-state index contributed by atoms with van der Waals surface area (Å²) in [5, 5.41) is 6.59. The Labute approximate surface area is 205 Å². The van der Waals surface area contributed by atoms with E-state index in [9.17, 15) is 0 Å². The highest BCUT2D eigenvalue weighted by Gasteiger charge is 2.38. The number of hydrogen-bond acceptors (Lipinski definition) is 2. The quantitative estimate of drug-likeness (QED) is 0.275. The molecule has 1 aromatic heterocycles. The van der Waals surface area contributed by atoms with Crippen LogP contribution in [0.3, 0.4) is 0 Å². The predicted molar refractivity (Wildman–Crippen MR) is 144 cm³/mol. The van der Waals surface area contributed by atoms with Gasteiger partial charge in [0, 0.05) is 40.0 Å². The lowest BCUT2D eigenvalue weighted by molar-refractivity contribution is 0.422. The van der Waals surface area contributed by atoms with Crippen LogP contribution in [0, 0.1) is 5.92 Å². The average Bonchev–Trinajstić information content (AvgIpc) is 3.52. The molecule has 0 saturated carbocycles. The highest BCUT2D eigenvalue weighted by molar-refractivity contribution is 6.08. The second-order valence-corrected chi connectivity index (χ2v) is 9.68. The number of benzene rings is 4. The van der Waals surface area contributed by atoms with Crippen LogP contribution in [-0.4, -0.2) is 4.57 Å². The minimum Gasteiger partial charge on any atom is -0.457 e. The zero-order valence-corrected chi connectivity index (χ0v) is 19.8. The van der Waals surface area contributed by atoms with Crippen LogP contribution in [-0.2, 0) is 6.54 Å². The Balaban J connectivity index is 1.28. The number of nitrogens with zero attached hydrogens (tertiary/aromatic N) is 1. The van der Waals surface area contributed by atoms with Gasteiger partial charge in [-0.1, -0.05) is 54.6 Å². The van der Waals surface area contributed by atoms with Gasteiger partial charge in [-0.05, 0) is 78.9 Å². The minimum absolute atomic E-state index is 0.275. The zero-order chi connectivity index (χ0) is 23.4. The van der Waals surface area contributed by atoms with Crippen molar-refractivity contribution < 1.29 is 4.74 Å². The van der Waals surface area contributed by atoms with Crippen LogP contribution in [0.25, 0.3) is 21.8 Å². The molecule has 3 nitrogen and oxygen atoms in total. The second kappa shape index (κ2) is 8.06. The molecule has 3 unspecified atom stereocenters. The summed E-state index contributed by atoms with van der Waals surface area (Å²) in [4.78, 5) is 0. The summed E-state index contributed by atoms with van der Waals surface area (Å²) in [7, 11) is 0. The van der Waals surface area contributed by atoms with Gasteiger partial charge in [0.25, 0.3) is 0 Å². The first-order valence-corrected chi connectivity index (χ1v) is 12.6. The smallest absolute Gasteiger partial charge is 0.127 e. The number of aromatic nitrogens is 1. The van der Waals surface area contributed by atoms with Gasteiger partial charge in [-0.3, -0.25) is 0 Å². The summed E-state index contributed by atoms with van der Waals surface area (Å²) in [6.45, 7) is 3.20. The van der Waals surface area contributed by atoms with Gasteiger partial charge in [0.1, 0.15) is 11.5 Å². The third-order valence-corrected chi connectivity index (χ3v) is 7.78. The molecule has 0 bridgehead atoms. The van der Waals surface area contributed by atoms with Crippen LogP contribution < -0.4 is 10.1 Å². The fourth-order valence-electron chi connectivity index (χ4n) is 6.20. The normalized spacial score (nSPS) is 20.5. The SMILES string of the molecule is CCn1c2ccccc2c2cc(C3Nc4ccc(Oc5ccccc5)cc4C4C=CCC43)ccc21. The highest BCUT2D eigenvalue weighted by Crippen LogP contribution is 2.51. The first-order chi connectivity index (χ1) is 17.3. The molecule has 0 spiro atoms. The van der Waals surface area contributed by atoms with Crippen molar-refractivity contribution in [2.24, 2.45) is 5.92 Å². The monoisotopic (exact) mass is 456 g/mol. The number of para-hydroxylation sites is 2. The van der Waals surface area contributed by atoms with Crippen LogP contribution in [0.15, 0.2) is 103 Å². The van der Waals surface area contributed by atoms with Crippen LogP contribution in [0.1, 0.15) is 36.4 Å². The molecule has 35 heavy (non-hydrogen) atoms. The predicted octanol–water partition coefficient (Wildman–Crippen LogP) is 8.43. The van der Waals surface area contributed by atoms with Gasteiger partial charge in [-0.25, -0.2) is 0 Å². The van der Waals surface area contributed by atoms with Crippen molar-refractivity contribution in [3.63, 3.8) is 0 Å². The Morgan fingerprint density at radius 2 is 1.66 bits per heavy atom. The molecule has 1 aliphatic carbocycles. The maximum absolute atomic E-state index is 6.15. The van der Waals surface area contributed by atoms with Crippen molar-refractivity contribution >= 4 is 27.5 Å². The lowest BCUT2D eigenvalue weighted by Gasteiger charge is -2.37. The molecule has 0 saturated heterocycles. The summed E-state index contributed by atoms with van der Waals surface area (Å²) in [5.41, 5.74) is 6.54. The Bertz CT molecular complexity index is 1580. The molecule has 4 aromatic carbocycles. The van der Waals surface area contributed by atoms with E-state index in [0.29, 0.717) is 11.8 Å². The molecule has 7 rings (SSSR count). The fraction of sp³-hybridized carbons (Fsp3) is 0.188. The molecule has 0 fully saturated rings. The second-order valence-electron chi connectivity index (χ2n) is 9.68. The van der Waals surface area contributed by atoms with Crippen LogP contribution in [0.4, 0.5) is 5.69 Å². The Morgan fingerprint density at radius 1 is 0.829 bits per heavy atom. The van der Waals surface area contributed by atoms with E-state index in [0.717, 1.165) is 24.5 Å². The molecule has 2 heterocycles. The Hall–Kier alpha value is -3.98. The molecule has 172 valence electrons. The summed E-state index contributed by atoms with van der Waals surface area (Å²) in [6, 6.07) is 32.6. The number of nitrogens with one attached hydrogen (secondary N) is 1. The van der Waals surface area contributed by atoms with Crippen molar-refractivity contribution in [1.29, 1.82) is 0 Å². The molecule has 5 aromatic rings. The van der Waals surface area contributed by atoms with Crippen LogP contribution in [0.2, 0.25) is 0 Å². The Morgan fingerprint density at radius 3 is 2.54 bits per heavy atom. The number of hydrogen-bond donors (Lipinski definition) is 1. The van der Waals surface area contributed by atoms with Crippen molar-refractivity contribution in [3.05, 3.63) is 114 Å². The molecular formula is C32H28N2O. The maximum Gasteiger partial charge on any atom is 0.127 e. The van der Waals surface area contributed by atoms with Gasteiger partial charge in [0.2, 0.25) is 0 Å². The van der Waals surface area contributed by atoms with E-state index < -0.39 is 0 Å². The number of allylic oxidation sites excluding steroid dienone is 2. The first kappa shape index (κ1) is 20.4. The molecular weight excluding hydrogens is 428 g/mol. The van der Waals surface area contributed by atoms with Crippen LogP contribution in [0.5, 0.6) is 11.5 Å². The largest absolute Gasteiger partial charge is 0.457 e. The molecule has 0 amide bonds. The maximum atomic E-state index is 6.15. The summed E-state index contributed by atoms with van der Waals surface area (Å²) in [5.74, 6) is 2.64. The molecule has 3 heteroatoms. The van der Waals surface area contributed by atoms with E-state index in [-0.39, 0.29) is 6.04 Å². The number of ether oxygens (including phenoxy) is 1. The fourth-order valence-corrected chi connectivity index (χ4v) is 6.20. The van der Waals surface area contributed by atoms with E-state index in [2.05, 4.69) is 89.6 Å². The van der Waals surface area contributed by atoms with Crippen molar-refractivity contribution in [1.82, 2.24) is 4.57 Å². The van der Waals surface area contributed by atoms with Gasteiger partial charge < -0.3 is 14.6 Å². The van der Waals surface area contributed by atoms with E-state index in [1.54, 1.807) is 0 Å². The molecule has 1 N–H and O–H groups in total. The third-order valence-electron chi connectivity index (χ3n) is 7.78. The Kier molecular flexibility index (Phi) is 4.70. The first-order valence-electron chi connectivity index (χ1n) is 12.6. The molecule has 2 aliphatic rings. The van der Waals surface area contributed by atoms with Gasteiger partial charge in [-0.15, -0.1) is 0 Å². The van der Waals surface area contributed by atoms with Gasteiger partial charge in [0.05, 0.1) is 6.04 Å². The topological polar surface area (TPSA) is 26.2 Å². The molecule has 3 atom stereocenters. The van der Waals surface area contributed by atoms with Crippen molar-refractivity contribution in [2.45, 2.75) is 31.8 Å². The van der Waals surface area contributed by atoms with E-state index >= 15 is 0 Å². The molecule has 0 radical (unpaired) electrons. The number of rotatable bonds is 4. The van der Waals surface area contributed by atoms with Crippen molar-refractivity contribution in [3.8, 4) is 11.5 Å². The lowest BCUT2D eigenvalue weighted by Crippen LogP contribution is -2.29. The summed E-state index contributed by atoms with van der Waals surface area (Å²) in [6.07, 6.45) is 5.83. The van der Waals surface area contributed by atoms with Gasteiger partial charge >= 0.3 is 0 Å². The summed E-state index contributed by atoms with van der Waals surface area (Å²) >= 11 is 0. The molecule has 1 aliphatic heterocycles. The van der Waals surface area contributed by atoms with E-state index in [4.69, 9.17) is 4.74 Å². The minimum atomic E-state index is 0.275. The summed E-state index contributed by atoms with van der Waals surface area (Å²) < 4.78 is 8.58. The van der Waals surface area contributed by atoms with Crippen molar-refractivity contribution in [2.75, 3.05) is 5.32 Å². The lowest BCUT2D eigenvalue weighted by atomic mass is 9.77. The highest BCUT2D eigenvalue weighted by atomic mass is 16.5.